The Labute approximate surface area is 230 Å². The monoisotopic (exact) mass is 544 g/mol. The second-order valence-corrected chi connectivity index (χ2v) is 11.2. The number of carbonyl (C=O) groups is 1. The van der Waals surface area contributed by atoms with Gasteiger partial charge in [-0.05, 0) is 81.3 Å². The van der Waals surface area contributed by atoms with Crippen LogP contribution in [0.2, 0.25) is 0 Å². The second kappa shape index (κ2) is 13.0. The topological polar surface area (TPSA) is 77.9 Å². The molecule has 3 heterocycles. The largest absolute Gasteiger partial charge is 0.493 e. The molecule has 2 atom stereocenters. The first-order valence-corrected chi connectivity index (χ1v) is 14.2. The molecule has 4 rings (SSSR count). The number of likely N-dealkylation sites (N-methyl/N-ethyl adjacent to an activating group) is 1. The van der Waals surface area contributed by atoms with Gasteiger partial charge in [-0.1, -0.05) is 26.3 Å². The number of hydrogen-bond donors (Lipinski definition) is 2. The van der Waals surface area contributed by atoms with E-state index in [1.54, 1.807) is 13.8 Å². The summed E-state index contributed by atoms with van der Waals surface area (Å²) < 4.78 is 34.6. The molecule has 2 aliphatic heterocycles. The molecule has 0 bridgehead atoms. The Hall–Kier alpha value is -2.78. The average Bonchev–Trinajstić information content (AvgIpc) is 3.40. The van der Waals surface area contributed by atoms with Gasteiger partial charge in [0.2, 0.25) is 5.82 Å². The zero-order chi connectivity index (χ0) is 28.1. The van der Waals surface area contributed by atoms with Crippen molar-refractivity contribution >= 4 is 11.8 Å². The summed E-state index contributed by atoms with van der Waals surface area (Å²) in [6.07, 6.45) is 7.25. The summed E-state index contributed by atoms with van der Waals surface area (Å²) in [4.78, 5) is 21.3. The number of carboxylic acids is 1. The van der Waals surface area contributed by atoms with E-state index in [9.17, 15) is 18.7 Å². The first-order chi connectivity index (χ1) is 18.7. The van der Waals surface area contributed by atoms with Gasteiger partial charge < -0.3 is 20.1 Å². The lowest BCUT2D eigenvalue weighted by molar-refractivity contribution is -0.143. The molecule has 7 nitrogen and oxygen atoms in total. The van der Waals surface area contributed by atoms with E-state index < -0.39 is 23.6 Å². The van der Waals surface area contributed by atoms with E-state index in [0.29, 0.717) is 13.1 Å². The molecule has 1 unspecified atom stereocenters. The van der Waals surface area contributed by atoms with Crippen molar-refractivity contribution in [1.82, 2.24) is 14.8 Å². The molecule has 0 saturated carbocycles. The van der Waals surface area contributed by atoms with Crippen LogP contribution in [0.4, 0.5) is 14.6 Å². The van der Waals surface area contributed by atoms with E-state index >= 15 is 0 Å². The number of nitrogens with one attached hydrogen (secondary N) is 1. The number of ether oxygens (including phenoxy) is 1. The van der Waals surface area contributed by atoms with Gasteiger partial charge in [0.1, 0.15) is 11.9 Å². The molecular weight excluding hydrogens is 502 g/mol. The number of anilines is 1. The van der Waals surface area contributed by atoms with Gasteiger partial charge >= 0.3 is 5.97 Å². The molecule has 0 radical (unpaired) electrons. The van der Waals surface area contributed by atoms with Gasteiger partial charge in [0.15, 0.2) is 11.6 Å². The fourth-order valence-corrected chi connectivity index (χ4v) is 5.86. The van der Waals surface area contributed by atoms with E-state index in [-0.39, 0.29) is 28.8 Å². The predicted octanol–water partition coefficient (Wildman–Crippen LogP) is 5.39. The third-order valence-electron chi connectivity index (χ3n) is 8.15. The van der Waals surface area contributed by atoms with Crippen molar-refractivity contribution in [3.63, 3.8) is 0 Å². The zero-order valence-corrected chi connectivity index (χ0v) is 23.6. The number of carboxylic acid groups (broad SMARTS) is 1. The van der Waals surface area contributed by atoms with Crippen molar-refractivity contribution in [1.29, 1.82) is 0 Å². The van der Waals surface area contributed by atoms with Crippen molar-refractivity contribution in [2.45, 2.75) is 76.8 Å². The molecule has 1 saturated heterocycles. The maximum Gasteiger partial charge on any atom is 0.325 e. The van der Waals surface area contributed by atoms with Gasteiger partial charge in [0.05, 0.1) is 7.11 Å². The van der Waals surface area contributed by atoms with Crippen LogP contribution in [0.1, 0.15) is 80.3 Å². The summed E-state index contributed by atoms with van der Waals surface area (Å²) in [6, 6.07) is 4.90. The van der Waals surface area contributed by atoms with Crippen LogP contribution in [0.15, 0.2) is 18.2 Å². The maximum absolute atomic E-state index is 14.9. The molecule has 1 aromatic carbocycles. The van der Waals surface area contributed by atoms with Crippen molar-refractivity contribution in [2.24, 2.45) is 0 Å². The fourth-order valence-electron chi connectivity index (χ4n) is 5.86. The Morgan fingerprint density at radius 2 is 2.03 bits per heavy atom. The SMILES string of the molecule is COc1c(C(C(=O)O)N2CC[C@@H](N(C)CCCCCc3ccc4c(n3)NCCC4)C2)cc(C(C)C)c(F)c1F. The van der Waals surface area contributed by atoms with Crippen LogP contribution >= 0.6 is 0 Å². The highest BCUT2D eigenvalue weighted by molar-refractivity contribution is 5.77. The summed E-state index contributed by atoms with van der Waals surface area (Å²) in [5, 5.41) is 13.5. The summed E-state index contributed by atoms with van der Waals surface area (Å²) in [6.45, 7) is 6.52. The lowest BCUT2D eigenvalue weighted by Crippen LogP contribution is -2.38. The third kappa shape index (κ3) is 6.69. The van der Waals surface area contributed by atoms with Gasteiger partial charge in [0.25, 0.3) is 0 Å². The van der Waals surface area contributed by atoms with Crippen molar-refractivity contribution in [2.75, 3.05) is 45.7 Å². The minimum Gasteiger partial charge on any atom is -0.493 e. The van der Waals surface area contributed by atoms with Gasteiger partial charge in [-0.15, -0.1) is 0 Å². The lowest BCUT2D eigenvalue weighted by Gasteiger charge is -2.29. The molecule has 0 aliphatic carbocycles. The van der Waals surface area contributed by atoms with Crippen molar-refractivity contribution in [3.8, 4) is 5.75 Å². The molecule has 1 aromatic heterocycles. The zero-order valence-electron chi connectivity index (χ0n) is 23.6. The summed E-state index contributed by atoms with van der Waals surface area (Å²) in [5.74, 6) is -2.78. The summed E-state index contributed by atoms with van der Waals surface area (Å²) >= 11 is 0. The number of nitrogens with zero attached hydrogens (tertiary/aromatic N) is 3. The minimum atomic E-state index is -1.13. The quantitative estimate of drug-likeness (QED) is 0.347. The minimum absolute atomic E-state index is 0.157. The predicted molar refractivity (Wildman–Crippen MR) is 149 cm³/mol. The highest BCUT2D eigenvalue weighted by atomic mass is 19.2. The highest BCUT2D eigenvalue weighted by Gasteiger charge is 2.38. The molecule has 2 aliphatic rings. The molecule has 0 amide bonds. The Bertz CT molecular complexity index is 1160. The third-order valence-corrected chi connectivity index (χ3v) is 8.15. The number of likely N-dealkylation sites (tertiary alicyclic amines) is 1. The van der Waals surface area contributed by atoms with Crippen LogP contribution in [0.3, 0.4) is 0 Å². The number of fused-ring (bicyclic) bond motifs is 1. The number of methoxy groups -OCH3 is 1. The Morgan fingerprint density at radius 1 is 1.23 bits per heavy atom. The number of rotatable bonds is 12. The number of aromatic nitrogens is 1. The molecule has 0 spiro atoms. The number of hydrogen-bond acceptors (Lipinski definition) is 6. The summed E-state index contributed by atoms with van der Waals surface area (Å²) in [5.41, 5.74) is 2.77. The highest BCUT2D eigenvalue weighted by Crippen LogP contribution is 2.38. The first kappa shape index (κ1) is 29.2. The van der Waals surface area contributed by atoms with Gasteiger partial charge in [-0.2, -0.15) is 4.39 Å². The second-order valence-electron chi connectivity index (χ2n) is 11.2. The first-order valence-electron chi connectivity index (χ1n) is 14.2. The number of benzene rings is 1. The van der Waals surface area contributed by atoms with Crippen molar-refractivity contribution < 1.29 is 23.4 Å². The van der Waals surface area contributed by atoms with E-state index in [0.717, 1.165) is 69.5 Å². The van der Waals surface area contributed by atoms with E-state index in [1.807, 2.05) is 4.90 Å². The molecule has 1 fully saturated rings. The van der Waals surface area contributed by atoms with Gasteiger partial charge in [0, 0.05) is 36.9 Å². The fraction of sp³-hybridized carbons (Fsp3) is 0.600. The molecule has 214 valence electrons. The molecular formula is C30H42F2N4O3. The van der Waals surface area contributed by atoms with Gasteiger partial charge in [-0.25, -0.2) is 9.37 Å². The van der Waals surface area contributed by atoms with Crippen LogP contribution < -0.4 is 10.1 Å². The number of halogens is 2. The summed E-state index contributed by atoms with van der Waals surface area (Å²) in [7, 11) is 3.32. The number of unbranched alkanes of at least 4 members (excludes halogenated alkanes) is 2. The van der Waals surface area contributed by atoms with E-state index in [2.05, 4.69) is 29.4 Å². The van der Waals surface area contributed by atoms with Crippen molar-refractivity contribution in [3.05, 3.63) is 52.2 Å². The molecule has 9 heteroatoms. The number of aryl methyl sites for hydroxylation is 2. The Balaban J connectivity index is 1.32. The van der Waals surface area contributed by atoms with Gasteiger partial charge in [-0.3, -0.25) is 9.69 Å². The Morgan fingerprint density at radius 3 is 2.74 bits per heavy atom. The standard InChI is InChI=1S/C30H42F2N4O3/c1-19(2)23-17-24(28(39-4)26(32)25(23)31)27(30(37)38)36-16-13-22(18-36)35(3)15-7-5-6-10-21-12-11-20-9-8-14-33-29(20)34-21/h11-12,17,19,22,27H,5-10,13-16,18H2,1-4H3,(H,33,34)(H,37,38)/t22-,27?/m1/s1. The van der Waals surface area contributed by atoms with Crippen LogP contribution in [0.5, 0.6) is 5.75 Å². The van der Waals surface area contributed by atoms with E-state index in [4.69, 9.17) is 9.72 Å². The van der Waals surface area contributed by atoms with Crippen LogP contribution in [0, 0.1) is 11.6 Å². The van der Waals surface area contributed by atoms with Crippen LogP contribution in [-0.4, -0.2) is 72.2 Å². The normalized spacial score (nSPS) is 18.3. The smallest absolute Gasteiger partial charge is 0.325 e. The molecule has 2 aromatic rings. The molecule has 39 heavy (non-hydrogen) atoms. The average molecular weight is 545 g/mol. The van der Waals surface area contributed by atoms with E-state index in [1.165, 1.54) is 18.7 Å². The molecule has 2 N–H and O–H groups in total. The Kier molecular flexibility index (Phi) is 9.77. The van der Waals surface area contributed by atoms with Crippen LogP contribution in [0.25, 0.3) is 0 Å². The lowest BCUT2D eigenvalue weighted by atomic mass is 9.95. The number of pyridine rings is 1. The maximum atomic E-state index is 14.9. The van der Waals surface area contributed by atoms with Crippen LogP contribution in [-0.2, 0) is 17.6 Å². The number of aliphatic carboxylic acids is 1.